The molecule has 0 aliphatic carbocycles. The van der Waals surface area contributed by atoms with Gasteiger partial charge in [-0.1, -0.05) is 42.2 Å². The van der Waals surface area contributed by atoms with E-state index in [1.807, 2.05) is 13.8 Å². The lowest BCUT2D eigenvalue weighted by atomic mass is 10.0. The molecule has 0 bridgehead atoms. The second kappa shape index (κ2) is 5.85. The Balaban J connectivity index is 2.59. The maximum Gasteiger partial charge on any atom is 0.341 e. The normalized spacial score (nSPS) is 11.1. The van der Waals surface area contributed by atoms with Gasteiger partial charge in [-0.3, -0.25) is 0 Å². The highest BCUT2D eigenvalue weighted by Crippen LogP contribution is 2.34. The number of carboxylic acid groups (broad SMARTS) is 1. The third-order valence-electron chi connectivity index (χ3n) is 2.75. The fourth-order valence-corrected chi connectivity index (χ4v) is 2.30. The van der Waals surface area contributed by atoms with Crippen molar-refractivity contribution in [2.24, 2.45) is 5.92 Å². The minimum Gasteiger partial charge on any atom is -0.477 e. The molecule has 0 spiro atoms. The number of rotatable bonds is 4. The molecule has 1 aromatic carbocycles. The van der Waals surface area contributed by atoms with E-state index in [2.05, 4.69) is 5.16 Å². The summed E-state index contributed by atoms with van der Waals surface area (Å²) in [5.41, 5.74) is 0.707. The van der Waals surface area contributed by atoms with Gasteiger partial charge in [0.15, 0.2) is 5.76 Å². The molecule has 0 unspecified atom stereocenters. The Morgan fingerprint density at radius 3 is 2.70 bits per heavy atom. The Kier molecular flexibility index (Phi) is 4.35. The second-order valence-electron chi connectivity index (χ2n) is 4.86. The lowest BCUT2D eigenvalue weighted by Crippen LogP contribution is -2.04. The van der Waals surface area contributed by atoms with Gasteiger partial charge in [-0.15, -0.1) is 0 Å². The first kappa shape index (κ1) is 14.9. The van der Waals surface area contributed by atoms with Crippen LogP contribution in [0, 0.1) is 5.92 Å². The maximum atomic E-state index is 11.5. The molecule has 1 heterocycles. The van der Waals surface area contributed by atoms with Crippen LogP contribution in [0.15, 0.2) is 22.7 Å². The van der Waals surface area contributed by atoms with Crippen molar-refractivity contribution in [3.63, 3.8) is 0 Å². The molecule has 1 N–H and O–H groups in total. The number of aromatic nitrogens is 1. The number of carbonyl (C=O) groups is 1. The Bertz CT molecular complexity index is 650. The Hall–Kier alpha value is -1.52. The number of halogens is 2. The van der Waals surface area contributed by atoms with Gasteiger partial charge >= 0.3 is 5.97 Å². The zero-order valence-electron chi connectivity index (χ0n) is 11.0. The highest BCUT2D eigenvalue weighted by atomic mass is 35.5. The van der Waals surface area contributed by atoms with E-state index >= 15 is 0 Å². The summed E-state index contributed by atoms with van der Waals surface area (Å²) in [7, 11) is 0. The second-order valence-corrected chi connectivity index (χ2v) is 5.70. The summed E-state index contributed by atoms with van der Waals surface area (Å²) in [6.45, 7) is 3.94. The molecular weight excluding hydrogens is 301 g/mol. The van der Waals surface area contributed by atoms with Gasteiger partial charge in [-0.2, -0.15) is 0 Å². The highest BCUT2D eigenvalue weighted by molar-refractivity contribution is 6.35. The lowest BCUT2D eigenvalue weighted by molar-refractivity contribution is 0.0695. The van der Waals surface area contributed by atoms with Gasteiger partial charge in [0.05, 0.1) is 5.02 Å². The molecule has 106 valence electrons. The largest absolute Gasteiger partial charge is 0.477 e. The van der Waals surface area contributed by atoms with Crippen LogP contribution in [0.1, 0.15) is 30.0 Å². The van der Waals surface area contributed by atoms with E-state index in [1.54, 1.807) is 18.2 Å². The van der Waals surface area contributed by atoms with Crippen LogP contribution in [-0.4, -0.2) is 16.2 Å². The van der Waals surface area contributed by atoms with Crippen molar-refractivity contribution in [3.05, 3.63) is 39.6 Å². The van der Waals surface area contributed by atoms with Crippen molar-refractivity contribution in [1.29, 1.82) is 0 Å². The van der Waals surface area contributed by atoms with Crippen LogP contribution < -0.4 is 0 Å². The molecule has 0 saturated carbocycles. The summed E-state index contributed by atoms with van der Waals surface area (Å²) in [5.74, 6) is -0.491. The quantitative estimate of drug-likeness (QED) is 0.899. The molecule has 0 amide bonds. The summed E-state index contributed by atoms with van der Waals surface area (Å²) in [5, 5.41) is 14.1. The lowest BCUT2D eigenvalue weighted by Gasteiger charge is -2.04. The average molecular weight is 314 g/mol. The third kappa shape index (κ3) is 2.97. The number of aromatic carboxylic acids is 1. The van der Waals surface area contributed by atoms with Crippen LogP contribution in [0.25, 0.3) is 11.3 Å². The van der Waals surface area contributed by atoms with Crippen LogP contribution in [0.2, 0.25) is 10.0 Å². The SMILES string of the molecule is CC(C)Cc1onc(-c2cc(Cl)ccc2Cl)c1C(=O)O. The minimum atomic E-state index is -1.09. The van der Waals surface area contributed by atoms with E-state index in [0.717, 1.165) is 0 Å². The van der Waals surface area contributed by atoms with Gasteiger partial charge in [-0.25, -0.2) is 4.79 Å². The zero-order valence-corrected chi connectivity index (χ0v) is 12.5. The summed E-state index contributed by atoms with van der Waals surface area (Å²) < 4.78 is 5.18. The van der Waals surface area contributed by atoms with E-state index in [4.69, 9.17) is 27.7 Å². The smallest absolute Gasteiger partial charge is 0.341 e. The van der Waals surface area contributed by atoms with E-state index in [0.29, 0.717) is 27.8 Å². The van der Waals surface area contributed by atoms with Gasteiger partial charge in [0, 0.05) is 17.0 Å². The van der Waals surface area contributed by atoms with E-state index in [9.17, 15) is 9.90 Å². The molecule has 1 aromatic heterocycles. The maximum absolute atomic E-state index is 11.5. The van der Waals surface area contributed by atoms with Gasteiger partial charge in [0.25, 0.3) is 0 Å². The fourth-order valence-electron chi connectivity index (χ4n) is 1.92. The van der Waals surface area contributed by atoms with Crippen molar-refractivity contribution in [2.75, 3.05) is 0 Å². The molecule has 4 nitrogen and oxygen atoms in total. The van der Waals surface area contributed by atoms with Crippen LogP contribution in [0.5, 0.6) is 0 Å². The van der Waals surface area contributed by atoms with Crippen LogP contribution in [-0.2, 0) is 6.42 Å². The number of nitrogens with zero attached hydrogens (tertiary/aromatic N) is 1. The molecule has 0 atom stereocenters. The molecule has 2 aromatic rings. The van der Waals surface area contributed by atoms with E-state index in [1.165, 1.54) is 0 Å². The fraction of sp³-hybridized carbons (Fsp3) is 0.286. The van der Waals surface area contributed by atoms with Crippen LogP contribution in [0.4, 0.5) is 0 Å². The number of carboxylic acids is 1. The molecule has 0 aliphatic heterocycles. The van der Waals surface area contributed by atoms with Crippen molar-refractivity contribution in [1.82, 2.24) is 5.16 Å². The Morgan fingerprint density at radius 1 is 1.40 bits per heavy atom. The predicted octanol–water partition coefficient (Wildman–Crippen LogP) is 4.55. The first-order valence-electron chi connectivity index (χ1n) is 6.07. The number of hydrogen-bond acceptors (Lipinski definition) is 3. The summed E-state index contributed by atoms with van der Waals surface area (Å²) >= 11 is 12.0. The first-order chi connectivity index (χ1) is 9.40. The standard InChI is InChI=1S/C14H13Cl2NO3/c1-7(2)5-11-12(14(18)19)13(17-20-11)9-6-8(15)3-4-10(9)16/h3-4,6-7H,5H2,1-2H3,(H,18,19). The van der Waals surface area contributed by atoms with Crippen molar-refractivity contribution in [3.8, 4) is 11.3 Å². The molecule has 0 aliphatic rings. The van der Waals surface area contributed by atoms with Crippen LogP contribution in [0.3, 0.4) is 0 Å². The topological polar surface area (TPSA) is 63.3 Å². The molecular formula is C14H13Cl2NO3. The van der Waals surface area contributed by atoms with E-state index < -0.39 is 5.97 Å². The monoisotopic (exact) mass is 313 g/mol. The molecule has 20 heavy (non-hydrogen) atoms. The molecule has 2 rings (SSSR count). The Morgan fingerprint density at radius 2 is 2.10 bits per heavy atom. The van der Waals surface area contributed by atoms with Gasteiger partial charge in [-0.05, 0) is 24.1 Å². The molecule has 0 radical (unpaired) electrons. The van der Waals surface area contributed by atoms with Crippen molar-refractivity contribution in [2.45, 2.75) is 20.3 Å². The molecule has 0 fully saturated rings. The zero-order chi connectivity index (χ0) is 14.9. The summed E-state index contributed by atoms with van der Waals surface area (Å²) in [6, 6.07) is 4.80. The van der Waals surface area contributed by atoms with Crippen molar-refractivity contribution < 1.29 is 14.4 Å². The van der Waals surface area contributed by atoms with Gasteiger partial charge in [0.1, 0.15) is 11.3 Å². The first-order valence-corrected chi connectivity index (χ1v) is 6.83. The van der Waals surface area contributed by atoms with Crippen molar-refractivity contribution >= 4 is 29.2 Å². The molecule has 0 saturated heterocycles. The average Bonchev–Trinajstić information content (AvgIpc) is 2.75. The van der Waals surface area contributed by atoms with Crippen LogP contribution >= 0.6 is 23.2 Å². The highest BCUT2D eigenvalue weighted by Gasteiger charge is 2.25. The number of benzene rings is 1. The summed E-state index contributed by atoms with van der Waals surface area (Å²) in [4.78, 5) is 11.5. The van der Waals surface area contributed by atoms with E-state index in [-0.39, 0.29) is 17.2 Å². The Labute approximate surface area is 126 Å². The number of hydrogen-bond donors (Lipinski definition) is 1. The third-order valence-corrected chi connectivity index (χ3v) is 3.32. The predicted molar refractivity (Wildman–Crippen MR) is 77.5 cm³/mol. The van der Waals surface area contributed by atoms with Gasteiger partial charge < -0.3 is 9.63 Å². The minimum absolute atomic E-state index is 0.0443. The summed E-state index contributed by atoms with van der Waals surface area (Å²) in [6.07, 6.45) is 0.493. The van der Waals surface area contributed by atoms with Gasteiger partial charge in [0.2, 0.25) is 0 Å². The molecule has 6 heteroatoms.